The van der Waals surface area contributed by atoms with Crippen molar-refractivity contribution in [3.8, 4) is 0 Å². The topological polar surface area (TPSA) is 98.3 Å². The van der Waals surface area contributed by atoms with Crippen LogP contribution in [-0.4, -0.2) is 21.4 Å². The van der Waals surface area contributed by atoms with Gasteiger partial charge >= 0.3 is 0 Å². The maximum atomic E-state index is 13.2. The smallest absolute Gasteiger partial charge is 0.182 e. The van der Waals surface area contributed by atoms with Gasteiger partial charge in [-0.2, -0.15) is 0 Å². The second-order valence-corrected chi connectivity index (χ2v) is 5.81. The number of hydrogen-bond donors (Lipinski definition) is 3. The Morgan fingerprint density at radius 3 is 2.69 bits per heavy atom. The summed E-state index contributed by atoms with van der Waals surface area (Å²) >= 11 is 5.71. The van der Waals surface area contributed by atoms with Crippen LogP contribution in [0.1, 0.15) is 17.0 Å². The number of nitrogens with zero attached hydrogens (tertiary/aromatic N) is 3. The molecule has 0 aliphatic rings. The zero-order valence-corrected chi connectivity index (χ0v) is 14.2. The Balaban J connectivity index is 1.68. The first-order chi connectivity index (χ1) is 12.6. The van der Waals surface area contributed by atoms with Gasteiger partial charge in [0, 0.05) is 13.1 Å². The Morgan fingerprint density at radius 1 is 1.19 bits per heavy atom. The molecular weight excluding hydrogens is 361 g/mol. The fraction of sp³-hybridized carbons (Fsp3) is 0.118. The van der Waals surface area contributed by atoms with Gasteiger partial charge < -0.3 is 5.32 Å². The summed E-state index contributed by atoms with van der Waals surface area (Å²) in [4.78, 5) is 0. The molecule has 0 amide bonds. The van der Waals surface area contributed by atoms with Gasteiger partial charge in [0.25, 0.3) is 0 Å². The van der Waals surface area contributed by atoms with E-state index in [-0.39, 0.29) is 28.8 Å². The van der Waals surface area contributed by atoms with Gasteiger partial charge in [-0.15, -0.1) is 0 Å². The lowest BCUT2D eigenvalue weighted by Crippen LogP contribution is -2.29. The van der Waals surface area contributed by atoms with E-state index in [9.17, 15) is 9.60 Å². The molecule has 0 saturated heterocycles. The molecule has 9 heteroatoms. The van der Waals surface area contributed by atoms with Crippen LogP contribution in [-0.2, 0) is 13.1 Å². The highest BCUT2D eigenvalue weighted by atomic mass is 35.5. The second-order valence-electron chi connectivity index (χ2n) is 5.41. The van der Waals surface area contributed by atoms with E-state index in [2.05, 4.69) is 15.6 Å². The summed E-state index contributed by atoms with van der Waals surface area (Å²) in [5.41, 5.74) is 1.63. The molecule has 0 bridgehead atoms. The lowest BCUT2D eigenvalue weighted by molar-refractivity contribution is 0.297. The average molecular weight is 376 g/mol. The zero-order chi connectivity index (χ0) is 18.5. The van der Waals surface area contributed by atoms with E-state index >= 15 is 0 Å². The molecule has 0 unspecified atom stereocenters. The molecule has 0 radical (unpaired) electrons. The van der Waals surface area contributed by atoms with Crippen LogP contribution in [0.25, 0.3) is 0 Å². The van der Waals surface area contributed by atoms with E-state index < -0.39 is 5.82 Å². The minimum absolute atomic E-state index is 0.0634. The number of halogens is 2. The van der Waals surface area contributed by atoms with Crippen LogP contribution in [0.5, 0.6) is 0 Å². The van der Waals surface area contributed by atoms with Crippen molar-refractivity contribution in [1.82, 2.24) is 15.6 Å². The normalized spacial score (nSPS) is 10.7. The molecule has 7 nitrogen and oxygen atoms in total. The highest BCUT2D eigenvalue weighted by Gasteiger charge is 2.21. The van der Waals surface area contributed by atoms with Crippen molar-refractivity contribution in [1.29, 1.82) is 5.41 Å². The number of benzene rings is 2. The molecule has 0 fully saturated rings. The van der Waals surface area contributed by atoms with Crippen molar-refractivity contribution in [2.45, 2.75) is 13.1 Å². The van der Waals surface area contributed by atoms with Gasteiger partial charge in [-0.05, 0) is 28.9 Å². The zero-order valence-electron chi connectivity index (χ0n) is 13.5. The first kappa shape index (κ1) is 18.0. The molecule has 3 rings (SSSR count). The van der Waals surface area contributed by atoms with Crippen LogP contribution in [0.2, 0.25) is 5.02 Å². The van der Waals surface area contributed by atoms with Crippen molar-refractivity contribution in [3.05, 3.63) is 76.3 Å². The molecular formula is C17H15ClFN5O2. The van der Waals surface area contributed by atoms with Crippen LogP contribution < -0.4 is 10.4 Å². The maximum absolute atomic E-state index is 13.2. The molecule has 0 spiro atoms. The third-order valence-electron chi connectivity index (χ3n) is 3.60. The van der Waals surface area contributed by atoms with Crippen LogP contribution in [0.3, 0.4) is 0 Å². The molecule has 134 valence electrons. The average Bonchev–Trinajstić information content (AvgIpc) is 3.12. The van der Waals surface area contributed by atoms with Crippen LogP contribution in [0.4, 0.5) is 10.1 Å². The predicted molar refractivity (Wildman–Crippen MR) is 93.8 cm³/mol. The van der Waals surface area contributed by atoms with Crippen molar-refractivity contribution in [2.24, 2.45) is 0 Å². The molecule has 0 saturated carbocycles. The molecule has 0 aliphatic carbocycles. The van der Waals surface area contributed by atoms with Crippen molar-refractivity contribution in [3.63, 3.8) is 0 Å². The van der Waals surface area contributed by atoms with Crippen LogP contribution in [0.15, 0.2) is 53.2 Å². The van der Waals surface area contributed by atoms with E-state index in [1.165, 1.54) is 12.1 Å². The van der Waals surface area contributed by atoms with Crippen LogP contribution in [0, 0.1) is 11.2 Å². The highest BCUT2D eigenvalue weighted by Crippen LogP contribution is 2.23. The lowest BCUT2D eigenvalue weighted by Gasteiger charge is -2.16. The summed E-state index contributed by atoms with van der Waals surface area (Å²) in [5.74, 6) is -0.991. The number of aromatic nitrogens is 2. The van der Waals surface area contributed by atoms with Gasteiger partial charge in [0.05, 0.1) is 10.7 Å². The lowest BCUT2D eigenvalue weighted by atomic mass is 10.2. The van der Waals surface area contributed by atoms with Gasteiger partial charge in [-0.1, -0.05) is 47.1 Å². The summed E-state index contributed by atoms with van der Waals surface area (Å²) in [7, 11) is 0. The Bertz CT molecular complexity index is 903. The summed E-state index contributed by atoms with van der Waals surface area (Å²) in [6.07, 6.45) is 0. The molecule has 0 aliphatic heterocycles. The summed E-state index contributed by atoms with van der Waals surface area (Å²) in [6.45, 7) is 0.880. The third kappa shape index (κ3) is 4.05. The molecule has 1 heterocycles. The summed E-state index contributed by atoms with van der Waals surface area (Å²) in [5, 5.41) is 29.3. The number of rotatable bonds is 6. The van der Waals surface area contributed by atoms with Crippen molar-refractivity contribution in [2.75, 3.05) is 5.06 Å². The Morgan fingerprint density at radius 2 is 1.96 bits per heavy atom. The quantitative estimate of drug-likeness (QED) is 0.347. The Labute approximate surface area is 153 Å². The van der Waals surface area contributed by atoms with E-state index in [0.29, 0.717) is 17.3 Å². The first-order valence-corrected chi connectivity index (χ1v) is 8.03. The van der Waals surface area contributed by atoms with E-state index in [0.717, 1.165) is 11.6 Å². The molecule has 3 aromatic rings. The van der Waals surface area contributed by atoms with Gasteiger partial charge in [-0.3, -0.25) is 10.6 Å². The monoisotopic (exact) mass is 375 g/mol. The Hall–Kier alpha value is -2.81. The molecule has 3 N–H and O–H groups in total. The number of hydroxylamine groups is 1. The van der Waals surface area contributed by atoms with Gasteiger partial charge in [0.2, 0.25) is 0 Å². The molecule has 26 heavy (non-hydrogen) atoms. The first-order valence-electron chi connectivity index (χ1n) is 7.65. The summed E-state index contributed by atoms with van der Waals surface area (Å²) in [6, 6.07) is 13.3. The summed E-state index contributed by atoms with van der Waals surface area (Å²) < 4.78 is 17.9. The SMILES string of the molecule is N=C(c1nonc1CNCc1ccccc1)N(O)c1ccc(F)c(Cl)c1. The van der Waals surface area contributed by atoms with E-state index in [4.69, 9.17) is 21.6 Å². The predicted octanol–water partition coefficient (Wildman–Crippen LogP) is 3.37. The fourth-order valence-corrected chi connectivity index (χ4v) is 2.44. The minimum Gasteiger partial charge on any atom is -0.307 e. The largest absolute Gasteiger partial charge is 0.307 e. The van der Waals surface area contributed by atoms with Gasteiger partial charge in [0.15, 0.2) is 11.5 Å². The molecule has 1 aromatic heterocycles. The molecule has 2 aromatic carbocycles. The fourth-order valence-electron chi connectivity index (χ4n) is 2.27. The number of anilines is 1. The van der Waals surface area contributed by atoms with E-state index in [1.807, 2.05) is 30.3 Å². The minimum atomic E-state index is -0.621. The molecule has 0 atom stereocenters. The number of nitrogens with one attached hydrogen (secondary N) is 2. The van der Waals surface area contributed by atoms with Crippen molar-refractivity contribution < 1.29 is 14.2 Å². The van der Waals surface area contributed by atoms with Crippen LogP contribution >= 0.6 is 11.6 Å². The number of hydrogen-bond acceptors (Lipinski definition) is 6. The Kier molecular flexibility index (Phi) is 5.57. The second kappa shape index (κ2) is 8.05. The van der Waals surface area contributed by atoms with Gasteiger partial charge in [0.1, 0.15) is 11.5 Å². The maximum Gasteiger partial charge on any atom is 0.182 e. The third-order valence-corrected chi connectivity index (χ3v) is 3.89. The van der Waals surface area contributed by atoms with Gasteiger partial charge in [-0.25, -0.2) is 14.1 Å². The highest BCUT2D eigenvalue weighted by molar-refractivity contribution is 6.31. The standard InChI is InChI=1S/C17H15ClFN5O2/c18-13-8-12(6-7-14(13)19)24(25)17(20)16-15(22-26-23-16)10-21-9-11-4-2-1-3-5-11/h1-8,20-21,25H,9-10H2. The number of amidine groups is 1. The van der Waals surface area contributed by atoms with E-state index in [1.54, 1.807) is 0 Å². The van der Waals surface area contributed by atoms with Crippen molar-refractivity contribution >= 4 is 23.1 Å².